The number of aromatic nitrogens is 2. The van der Waals surface area contributed by atoms with Gasteiger partial charge in [-0.3, -0.25) is 9.59 Å². The van der Waals surface area contributed by atoms with E-state index in [0.29, 0.717) is 18.1 Å². The summed E-state index contributed by atoms with van der Waals surface area (Å²) in [6, 6.07) is 7.68. The molecule has 162 valence electrons. The highest BCUT2D eigenvalue weighted by Gasteiger charge is 2.35. The minimum absolute atomic E-state index is 0.0106. The number of halogens is 4. The van der Waals surface area contributed by atoms with Gasteiger partial charge in [0.15, 0.2) is 0 Å². The molecular formula is C18H20ClF3N5O2S+. The number of nitrogens with zero attached hydrogens (tertiary/aromatic N) is 3. The van der Waals surface area contributed by atoms with Crippen LogP contribution in [0, 0.1) is 0 Å². The SMILES string of the molecule is O=C(CCC(=O)N1CC[NH+](Cc2ccc(Cl)cc2)CC1)Nc1nnc(C(F)(F)F)s1. The topological polar surface area (TPSA) is 79.6 Å². The molecule has 30 heavy (non-hydrogen) atoms. The van der Waals surface area contributed by atoms with Crippen LogP contribution >= 0.6 is 22.9 Å². The first kappa shape index (κ1) is 22.4. The largest absolute Gasteiger partial charge is 0.445 e. The Balaban J connectivity index is 1.38. The lowest BCUT2D eigenvalue weighted by Gasteiger charge is -2.32. The summed E-state index contributed by atoms with van der Waals surface area (Å²) in [6.07, 6.45) is -4.74. The van der Waals surface area contributed by atoms with Crippen LogP contribution in [0.2, 0.25) is 5.02 Å². The predicted molar refractivity (Wildman–Crippen MR) is 105 cm³/mol. The summed E-state index contributed by atoms with van der Waals surface area (Å²) in [6.45, 7) is 3.63. The Hall–Kier alpha value is -2.24. The predicted octanol–water partition coefficient (Wildman–Crippen LogP) is 1.86. The number of quaternary nitrogens is 1. The van der Waals surface area contributed by atoms with E-state index in [9.17, 15) is 22.8 Å². The molecule has 0 atom stereocenters. The second kappa shape index (κ2) is 9.71. The highest BCUT2D eigenvalue weighted by atomic mass is 35.5. The summed E-state index contributed by atoms with van der Waals surface area (Å²) in [5.41, 5.74) is 1.18. The average molecular weight is 463 g/mol. The van der Waals surface area contributed by atoms with Gasteiger partial charge in [-0.05, 0) is 12.1 Å². The number of alkyl halides is 3. The molecule has 1 fully saturated rings. The van der Waals surface area contributed by atoms with Gasteiger partial charge in [-0.25, -0.2) is 0 Å². The summed E-state index contributed by atoms with van der Waals surface area (Å²) < 4.78 is 37.5. The number of hydrogen-bond donors (Lipinski definition) is 2. The standard InChI is InChI=1S/C18H19ClF3N5O2S/c19-13-3-1-12(2-4-13)11-26-7-9-27(10-8-26)15(29)6-5-14(28)23-17-25-24-16(30-17)18(20,21)22/h1-4H,5-11H2,(H,23,25,28)/p+1. The van der Waals surface area contributed by atoms with Crippen molar-refractivity contribution in [2.24, 2.45) is 0 Å². The summed E-state index contributed by atoms with van der Waals surface area (Å²) in [4.78, 5) is 27.3. The van der Waals surface area contributed by atoms with Gasteiger partial charge in [0.1, 0.15) is 6.54 Å². The summed E-state index contributed by atoms with van der Waals surface area (Å²) in [5, 5.41) is 7.87. The van der Waals surface area contributed by atoms with Crippen molar-refractivity contribution >= 4 is 39.9 Å². The van der Waals surface area contributed by atoms with Crippen molar-refractivity contribution in [3.05, 3.63) is 39.9 Å². The molecule has 2 N–H and O–H groups in total. The van der Waals surface area contributed by atoms with Crippen molar-refractivity contribution in [1.29, 1.82) is 0 Å². The van der Waals surface area contributed by atoms with Crippen molar-refractivity contribution in [1.82, 2.24) is 15.1 Å². The lowest BCUT2D eigenvalue weighted by Crippen LogP contribution is -3.13. The second-order valence-corrected chi connectivity index (χ2v) is 8.31. The van der Waals surface area contributed by atoms with Crippen LogP contribution in [0.1, 0.15) is 23.4 Å². The zero-order valence-corrected chi connectivity index (χ0v) is 17.4. The van der Waals surface area contributed by atoms with Gasteiger partial charge >= 0.3 is 6.18 Å². The molecule has 0 unspecified atom stereocenters. The first-order valence-electron chi connectivity index (χ1n) is 9.27. The Morgan fingerprint density at radius 1 is 1.13 bits per heavy atom. The van der Waals surface area contributed by atoms with Crippen LogP contribution in [0.3, 0.4) is 0 Å². The Morgan fingerprint density at radius 2 is 1.80 bits per heavy atom. The van der Waals surface area contributed by atoms with Gasteiger partial charge in [0, 0.05) is 23.4 Å². The molecule has 0 saturated carbocycles. The van der Waals surface area contributed by atoms with Crippen LogP contribution in [-0.2, 0) is 22.3 Å². The number of anilines is 1. The molecule has 2 amide bonds. The summed E-state index contributed by atoms with van der Waals surface area (Å²) in [7, 11) is 0. The van der Waals surface area contributed by atoms with E-state index in [4.69, 9.17) is 11.6 Å². The molecule has 0 spiro atoms. The first-order valence-corrected chi connectivity index (χ1v) is 10.5. The molecule has 1 aliphatic rings. The van der Waals surface area contributed by atoms with Gasteiger partial charge in [0.2, 0.25) is 22.0 Å². The fraction of sp³-hybridized carbons (Fsp3) is 0.444. The van der Waals surface area contributed by atoms with Crippen molar-refractivity contribution < 1.29 is 27.7 Å². The molecule has 0 aliphatic carbocycles. The first-order chi connectivity index (χ1) is 14.2. The van der Waals surface area contributed by atoms with Crippen molar-refractivity contribution in [2.45, 2.75) is 25.6 Å². The third-order valence-corrected chi connectivity index (χ3v) is 5.81. The molecule has 1 aliphatic heterocycles. The zero-order valence-electron chi connectivity index (χ0n) is 15.8. The molecular weight excluding hydrogens is 443 g/mol. The van der Waals surface area contributed by atoms with E-state index >= 15 is 0 Å². The molecule has 2 heterocycles. The molecule has 7 nitrogen and oxygen atoms in total. The number of benzene rings is 1. The maximum absolute atomic E-state index is 12.5. The molecule has 1 aromatic carbocycles. The van der Waals surface area contributed by atoms with Crippen LogP contribution in [0.25, 0.3) is 0 Å². The van der Waals surface area contributed by atoms with Gasteiger partial charge in [-0.15, -0.1) is 10.2 Å². The highest BCUT2D eigenvalue weighted by Crippen LogP contribution is 2.33. The molecule has 1 aromatic heterocycles. The van der Waals surface area contributed by atoms with Crippen molar-refractivity contribution in [3.8, 4) is 0 Å². The maximum atomic E-state index is 12.5. The number of carbonyl (C=O) groups excluding carboxylic acids is 2. The van der Waals surface area contributed by atoms with Gasteiger partial charge in [-0.1, -0.05) is 35.1 Å². The average Bonchev–Trinajstić information content (AvgIpc) is 3.17. The van der Waals surface area contributed by atoms with E-state index in [0.717, 1.165) is 19.6 Å². The summed E-state index contributed by atoms with van der Waals surface area (Å²) in [5.74, 6) is -0.718. The third kappa shape index (κ3) is 6.38. The fourth-order valence-electron chi connectivity index (χ4n) is 3.09. The Labute approximate surface area is 179 Å². The van der Waals surface area contributed by atoms with E-state index < -0.39 is 17.1 Å². The Morgan fingerprint density at radius 3 is 2.40 bits per heavy atom. The van der Waals surface area contributed by atoms with E-state index in [-0.39, 0.29) is 35.2 Å². The molecule has 0 radical (unpaired) electrons. The number of amides is 2. The van der Waals surface area contributed by atoms with Crippen LogP contribution in [0.4, 0.5) is 18.3 Å². The van der Waals surface area contributed by atoms with Gasteiger partial charge in [0.25, 0.3) is 0 Å². The number of rotatable bonds is 6. The molecule has 3 rings (SSSR count). The quantitative estimate of drug-likeness (QED) is 0.686. The molecule has 2 aromatic rings. The molecule has 0 bridgehead atoms. The van der Waals surface area contributed by atoms with E-state index in [1.165, 1.54) is 10.5 Å². The normalized spacial score (nSPS) is 15.3. The molecule has 1 saturated heterocycles. The fourth-order valence-corrected chi connectivity index (χ4v) is 3.84. The second-order valence-electron chi connectivity index (χ2n) is 6.89. The number of carbonyl (C=O) groups is 2. The minimum atomic E-state index is -4.60. The third-order valence-electron chi connectivity index (χ3n) is 4.67. The Bertz CT molecular complexity index is 883. The van der Waals surface area contributed by atoms with Crippen LogP contribution in [0.5, 0.6) is 0 Å². The zero-order chi connectivity index (χ0) is 21.7. The van der Waals surface area contributed by atoms with E-state index in [1.54, 1.807) is 4.90 Å². The van der Waals surface area contributed by atoms with E-state index in [1.807, 2.05) is 24.3 Å². The summed E-state index contributed by atoms with van der Waals surface area (Å²) >= 11 is 6.14. The number of hydrogen-bond acceptors (Lipinski definition) is 5. The van der Waals surface area contributed by atoms with Gasteiger partial charge in [-0.2, -0.15) is 13.2 Å². The molecule has 12 heteroatoms. The number of nitrogens with one attached hydrogen (secondary N) is 2. The van der Waals surface area contributed by atoms with Crippen LogP contribution < -0.4 is 10.2 Å². The van der Waals surface area contributed by atoms with E-state index in [2.05, 4.69) is 15.5 Å². The minimum Gasteiger partial charge on any atom is -0.331 e. The Kier molecular flexibility index (Phi) is 7.27. The highest BCUT2D eigenvalue weighted by molar-refractivity contribution is 7.15. The van der Waals surface area contributed by atoms with Gasteiger partial charge in [0.05, 0.1) is 26.2 Å². The van der Waals surface area contributed by atoms with Gasteiger partial charge < -0.3 is 15.1 Å². The maximum Gasteiger partial charge on any atom is 0.445 e. The smallest absolute Gasteiger partial charge is 0.331 e. The lowest BCUT2D eigenvalue weighted by atomic mass is 10.2. The lowest BCUT2D eigenvalue weighted by molar-refractivity contribution is -0.917. The van der Waals surface area contributed by atoms with Crippen molar-refractivity contribution in [3.63, 3.8) is 0 Å². The number of piperazine rings is 1. The van der Waals surface area contributed by atoms with Crippen molar-refractivity contribution in [2.75, 3.05) is 31.5 Å². The van der Waals surface area contributed by atoms with Crippen LogP contribution in [0.15, 0.2) is 24.3 Å². The van der Waals surface area contributed by atoms with Crippen LogP contribution in [-0.4, -0.2) is 53.1 Å². The monoisotopic (exact) mass is 462 g/mol.